The monoisotopic (exact) mass is 244 g/mol. The van der Waals surface area contributed by atoms with Crippen molar-refractivity contribution in [2.45, 2.75) is 13.5 Å². The lowest BCUT2D eigenvalue weighted by atomic mass is 10.2. The first-order valence-corrected chi connectivity index (χ1v) is 5.66. The first-order valence-electron chi connectivity index (χ1n) is 5.66. The van der Waals surface area contributed by atoms with Crippen molar-refractivity contribution in [3.8, 4) is 5.88 Å². The van der Waals surface area contributed by atoms with Crippen LogP contribution in [-0.4, -0.2) is 17.1 Å². The summed E-state index contributed by atoms with van der Waals surface area (Å²) in [6.45, 7) is 2.45. The zero-order valence-corrected chi connectivity index (χ0v) is 10.5. The average Bonchev–Trinajstić information content (AvgIpc) is 2.42. The second kappa shape index (κ2) is 5.46. The predicted octanol–water partition coefficient (Wildman–Crippen LogP) is 2.00. The van der Waals surface area contributed by atoms with E-state index in [1.165, 1.54) is 6.33 Å². The van der Waals surface area contributed by atoms with Gasteiger partial charge in [-0.2, -0.15) is 0 Å². The molecule has 0 aliphatic heterocycles. The number of hydrogen-bond donors (Lipinski definition) is 2. The zero-order valence-electron chi connectivity index (χ0n) is 10.5. The van der Waals surface area contributed by atoms with Gasteiger partial charge in [0, 0.05) is 12.2 Å². The molecule has 2 aromatic rings. The Morgan fingerprint density at radius 1 is 1.22 bits per heavy atom. The fourth-order valence-electron chi connectivity index (χ4n) is 1.63. The van der Waals surface area contributed by atoms with E-state index >= 15 is 0 Å². The minimum Gasteiger partial charge on any atom is -0.481 e. The summed E-state index contributed by atoms with van der Waals surface area (Å²) in [5, 5.41) is 3.23. The molecule has 0 aliphatic rings. The van der Waals surface area contributed by atoms with E-state index in [0.29, 0.717) is 12.4 Å². The number of methoxy groups -OCH3 is 1. The molecule has 5 nitrogen and oxygen atoms in total. The molecule has 2 rings (SSSR count). The van der Waals surface area contributed by atoms with Gasteiger partial charge in [0.2, 0.25) is 5.88 Å². The Hall–Kier alpha value is -2.14. The molecule has 0 saturated carbocycles. The SMILES string of the molecule is COc1ncnc(Nc2ccc(CN)cc2)c1C. The van der Waals surface area contributed by atoms with Gasteiger partial charge in [-0.05, 0) is 24.6 Å². The van der Waals surface area contributed by atoms with Crippen LogP contribution in [0.25, 0.3) is 0 Å². The van der Waals surface area contributed by atoms with E-state index in [2.05, 4.69) is 15.3 Å². The Morgan fingerprint density at radius 3 is 2.56 bits per heavy atom. The number of ether oxygens (including phenoxy) is 1. The molecule has 0 amide bonds. The van der Waals surface area contributed by atoms with Gasteiger partial charge < -0.3 is 15.8 Å². The van der Waals surface area contributed by atoms with Crippen LogP contribution in [-0.2, 0) is 6.54 Å². The number of benzene rings is 1. The summed E-state index contributed by atoms with van der Waals surface area (Å²) in [4.78, 5) is 8.23. The van der Waals surface area contributed by atoms with Crippen LogP contribution in [0.3, 0.4) is 0 Å². The van der Waals surface area contributed by atoms with Crippen molar-refractivity contribution in [2.24, 2.45) is 5.73 Å². The van der Waals surface area contributed by atoms with Crippen molar-refractivity contribution in [3.63, 3.8) is 0 Å². The molecule has 94 valence electrons. The van der Waals surface area contributed by atoms with Crippen molar-refractivity contribution in [1.29, 1.82) is 0 Å². The first kappa shape index (κ1) is 12.3. The number of aromatic nitrogens is 2. The number of hydrogen-bond acceptors (Lipinski definition) is 5. The first-order chi connectivity index (χ1) is 8.74. The Morgan fingerprint density at radius 2 is 1.94 bits per heavy atom. The largest absolute Gasteiger partial charge is 0.481 e. The van der Waals surface area contributed by atoms with E-state index in [1.54, 1.807) is 7.11 Å². The number of nitrogens with one attached hydrogen (secondary N) is 1. The number of nitrogens with two attached hydrogens (primary N) is 1. The average molecular weight is 244 g/mol. The van der Waals surface area contributed by atoms with Crippen molar-refractivity contribution in [1.82, 2.24) is 9.97 Å². The smallest absolute Gasteiger partial charge is 0.221 e. The number of anilines is 2. The van der Waals surface area contributed by atoms with E-state index < -0.39 is 0 Å². The lowest BCUT2D eigenvalue weighted by Crippen LogP contribution is -2.01. The second-order valence-corrected chi connectivity index (χ2v) is 3.88. The highest BCUT2D eigenvalue weighted by molar-refractivity contribution is 5.60. The quantitative estimate of drug-likeness (QED) is 0.860. The molecule has 0 spiro atoms. The molecular formula is C13H16N4O. The van der Waals surface area contributed by atoms with Gasteiger partial charge in [0.25, 0.3) is 0 Å². The number of rotatable bonds is 4. The fourth-order valence-corrected chi connectivity index (χ4v) is 1.63. The van der Waals surface area contributed by atoms with Crippen LogP contribution < -0.4 is 15.8 Å². The minimum atomic E-state index is 0.542. The van der Waals surface area contributed by atoms with Crippen LogP contribution in [0.15, 0.2) is 30.6 Å². The molecule has 0 bridgehead atoms. The normalized spacial score (nSPS) is 10.2. The van der Waals surface area contributed by atoms with E-state index in [0.717, 1.165) is 22.6 Å². The third-order valence-corrected chi connectivity index (χ3v) is 2.68. The molecule has 3 N–H and O–H groups in total. The highest BCUT2D eigenvalue weighted by atomic mass is 16.5. The fraction of sp³-hybridized carbons (Fsp3) is 0.231. The van der Waals surface area contributed by atoms with Crippen LogP contribution in [0.2, 0.25) is 0 Å². The van der Waals surface area contributed by atoms with Crippen molar-refractivity contribution >= 4 is 11.5 Å². The Kier molecular flexibility index (Phi) is 3.74. The van der Waals surface area contributed by atoms with Gasteiger partial charge >= 0.3 is 0 Å². The summed E-state index contributed by atoms with van der Waals surface area (Å²) in [6.07, 6.45) is 1.47. The summed E-state index contributed by atoms with van der Waals surface area (Å²) in [5.41, 5.74) is 8.48. The highest BCUT2D eigenvalue weighted by Crippen LogP contribution is 2.23. The molecule has 1 aromatic heterocycles. The number of nitrogens with zero attached hydrogens (tertiary/aromatic N) is 2. The molecular weight excluding hydrogens is 228 g/mol. The molecule has 0 radical (unpaired) electrons. The summed E-state index contributed by atoms with van der Waals surface area (Å²) in [7, 11) is 1.59. The molecule has 1 aromatic carbocycles. The Labute approximate surface area is 106 Å². The van der Waals surface area contributed by atoms with E-state index in [-0.39, 0.29) is 0 Å². The third kappa shape index (κ3) is 2.57. The maximum atomic E-state index is 5.56. The van der Waals surface area contributed by atoms with Crippen LogP contribution >= 0.6 is 0 Å². The molecule has 0 atom stereocenters. The molecule has 0 saturated heterocycles. The maximum Gasteiger partial charge on any atom is 0.221 e. The van der Waals surface area contributed by atoms with Crippen molar-refractivity contribution in [3.05, 3.63) is 41.7 Å². The summed E-state index contributed by atoms with van der Waals surface area (Å²) < 4.78 is 5.15. The summed E-state index contributed by atoms with van der Waals surface area (Å²) in [5.74, 6) is 1.31. The highest BCUT2D eigenvalue weighted by Gasteiger charge is 2.07. The predicted molar refractivity (Wildman–Crippen MR) is 70.9 cm³/mol. The molecule has 18 heavy (non-hydrogen) atoms. The van der Waals surface area contributed by atoms with E-state index in [4.69, 9.17) is 10.5 Å². The molecule has 0 aliphatic carbocycles. The maximum absolute atomic E-state index is 5.56. The Balaban J connectivity index is 2.22. The van der Waals surface area contributed by atoms with Gasteiger partial charge in [-0.3, -0.25) is 0 Å². The minimum absolute atomic E-state index is 0.542. The molecule has 0 unspecified atom stereocenters. The lowest BCUT2D eigenvalue weighted by molar-refractivity contribution is 0.394. The van der Waals surface area contributed by atoms with Crippen molar-refractivity contribution in [2.75, 3.05) is 12.4 Å². The topological polar surface area (TPSA) is 73.1 Å². The van der Waals surface area contributed by atoms with Gasteiger partial charge in [-0.15, -0.1) is 0 Å². The van der Waals surface area contributed by atoms with Gasteiger partial charge in [0.05, 0.1) is 12.7 Å². The Bertz CT molecular complexity index is 525. The third-order valence-electron chi connectivity index (χ3n) is 2.68. The summed E-state index contributed by atoms with van der Waals surface area (Å²) >= 11 is 0. The molecule has 1 heterocycles. The van der Waals surface area contributed by atoms with Crippen LogP contribution in [0.1, 0.15) is 11.1 Å². The second-order valence-electron chi connectivity index (χ2n) is 3.88. The van der Waals surface area contributed by atoms with E-state index in [1.807, 2.05) is 31.2 Å². The van der Waals surface area contributed by atoms with Crippen LogP contribution in [0.4, 0.5) is 11.5 Å². The zero-order chi connectivity index (χ0) is 13.0. The van der Waals surface area contributed by atoms with E-state index in [9.17, 15) is 0 Å². The van der Waals surface area contributed by atoms with Crippen LogP contribution in [0, 0.1) is 6.92 Å². The lowest BCUT2D eigenvalue weighted by Gasteiger charge is -2.10. The summed E-state index contributed by atoms with van der Waals surface area (Å²) in [6, 6.07) is 7.90. The molecule has 5 heteroatoms. The van der Waals surface area contributed by atoms with Gasteiger partial charge in [-0.1, -0.05) is 12.1 Å². The molecule has 0 fully saturated rings. The van der Waals surface area contributed by atoms with Crippen molar-refractivity contribution < 1.29 is 4.74 Å². The van der Waals surface area contributed by atoms with Gasteiger partial charge in [-0.25, -0.2) is 9.97 Å². The van der Waals surface area contributed by atoms with Crippen LogP contribution in [0.5, 0.6) is 5.88 Å². The van der Waals surface area contributed by atoms with Gasteiger partial charge in [0.1, 0.15) is 12.1 Å². The standard InChI is InChI=1S/C13H16N4O/c1-9-12(15-8-16-13(9)18-2)17-11-5-3-10(7-14)4-6-11/h3-6,8H,7,14H2,1-2H3,(H,15,16,17). The van der Waals surface area contributed by atoms with Gasteiger partial charge in [0.15, 0.2) is 0 Å².